The summed E-state index contributed by atoms with van der Waals surface area (Å²) in [4.78, 5) is 33.8. The second kappa shape index (κ2) is 4.06. The Morgan fingerprint density at radius 2 is 1.94 bits per heavy atom. The minimum Gasteiger partial charge on any atom is -0.493 e. The summed E-state index contributed by atoms with van der Waals surface area (Å²) in [5, 5.41) is 12.7. The van der Waals surface area contributed by atoms with Crippen LogP contribution in [0.1, 0.15) is 29.0 Å². The Balaban J connectivity index is 3.04. The highest BCUT2D eigenvalue weighted by molar-refractivity contribution is 6.14. The van der Waals surface area contributed by atoms with E-state index in [0.29, 0.717) is 5.52 Å². The van der Waals surface area contributed by atoms with Crippen LogP contribution in [-0.4, -0.2) is 21.4 Å². The molecule has 6 heteroatoms. The molecule has 0 saturated carbocycles. The molecule has 0 saturated heterocycles. The lowest BCUT2D eigenvalue weighted by Gasteiger charge is -2.01. The minimum absolute atomic E-state index is 0.202. The van der Waals surface area contributed by atoms with E-state index in [2.05, 4.69) is 5.18 Å². The molecule has 0 aliphatic rings. The second-order valence-electron chi connectivity index (χ2n) is 3.87. The Morgan fingerprint density at radius 3 is 2.44 bits per heavy atom. The quantitative estimate of drug-likeness (QED) is 0.651. The van der Waals surface area contributed by atoms with Crippen LogP contribution in [0.3, 0.4) is 0 Å². The lowest BCUT2D eigenvalue weighted by molar-refractivity contribution is 0.0932. The van der Waals surface area contributed by atoms with Crippen molar-refractivity contribution < 1.29 is 14.7 Å². The number of benzene rings is 1. The summed E-state index contributed by atoms with van der Waals surface area (Å²) in [6.45, 7) is 2.58. The molecule has 0 aliphatic heterocycles. The summed E-state index contributed by atoms with van der Waals surface area (Å²) in [5.74, 6) is -1.28. The predicted octanol–water partition coefficient (Wildman–Crippen LogP) is 2.61. The van der Waals surface area contributed by atoms with Gasteiger partial charge in [-0.05, 0) is 18.2 Å². The third-order valence-electron chi connectivity index (χ3n) is 2.73. The highest BCUT2D eigenvalue weighted by Crippen LogP contribution is 2.40. The van der Waals surface area contributed by atoms with Crippen LogP contribution in [0, 0.1) is 4.91 Å². The first-order valence-corrected chi connectivity index (χ1v) is 5.20. The fraction of sp³-hybridized carbons (Fsp3) is 0.167. The van der Waals surface area contributed by atoms with Crippen molar-refractivity contribution in [1.29, 1.82) is 0 Å². The van der Waals surface area contributed by atoms with Crippen molar-refractivity contribution in [1.82, 2.24) is 4.57 Å². The SMILES string of the molecule is CC(=O)c1cccc2c1c(N=O)c(O)n2C(C)=O. The molecule has 1 heterocycles. The third-order valence-corrected chi connectivity index (χ3v) is 2.73. The maximum Gasteiger partial charge on any atom is 0.230 e. The van der Waals surface area contributed by atoms with E-state index < -0.39 is 11.8 Å². The summed E-state index contributed by atoms with van der Waals surface area (Å²) in [6, 6.07) is 4.63. The number of carbonyl (C=O) groups excluding carboxylic acids is 2. The van der Waals surface area contributed by atoms with E-state index in [1.807, 2.05) is 0 Å². The topological polar surface area (TPSA) is 88.7 Å². The number of nitrogens with zero attached hydrogens (tertiary/aromatic N) is 2. The average molecular weight is 246 g/mol. The average Bonchev–Trinajstić information content (AvgIpc) is 2.59. The monoisotopic (exact) mass is 246 g/mol. The summed E-state index contributed by atoms with van der Waals surface area (Å²) in [5.41, 5.74) is 0.255. The zero-order valence-corrected chi connectivity index (χ0v) is 9.80. The standard InChI is InChI=1S/C12H10N2O4/c1-6(15)8-4-3-5-9-10(8)11(13-18)12(17)14(9)7(2)16/h3-5,17H,1-2H3. The molecule has 0 radical (unpaired) electrons. The molecule has 2 aromatic rings. The Bertz CT molecular complexity index is 685. The van der Waals surface area contributed by atoms with E-state index in [1.165, 1.54) is 26.0 Å². The number of ketones is 1. The molecule has 92 valence electrons. The molecule has 1 N–H and O–H groups in total. The summed E-state index contributed by atoms with van der Waals surface area (Å²) < 4.78 is 0.957. The molecule has 0 atom stereocenters. The molecule has 0 amide bonds. The van der Waals surface area contributed by atoms with Crippen LogP contribution in [0.5, 0.6) is 5.88 Å². The van der Waals surface area contributed by atoms with Crippen molar-refractivity contribution in [3.05, 3.63) is 28.7 Å². The summed E-state index contributed by atoms with van der Waals surface area (Å²) in [7, 11) is 0. The Morgan fingerprint density at radius 1 is 1.28 bits per heavy atom. The number of aromatic hydroxyl groups is 1. The highest BCUT2D eigenvalue weighted by Gasteiger charge is 2.23. The van der Waals surface area contributed by atoms with Gasteiger partial charge in [0.25, 0.3) is 0 Å². The Hall–Kier alpha value is -2.50. The van der Waals surface area contributed by atoms with Crippen LogP contribution in [0.2, 0.25) is 0 Å². The lowest BCUT2D eigenvalue weighted by atomic mass is 10.1. The smallest absolute Gasteiger partial charge is 0.230 e. The van der Waals surface area contributed by atoms with E-state index in [9.17, 15) is 19.6 Å². The maximum atomic E-state index is 11.5. The lowest BCUT2D eigenvalue weighted by Crippen LogP contribution is -2.04. The van der Waals surface area contributed by atoms with Crippen LogP contribution in [0.4, 0.5) is 5.69 Å². The van der Waals surface area contributed by atoms with Gasteiger partial charge in [0.2, 0.25) is 11.8 Å². The number of hydrogen-bond donors (Lipinski definition) is 1. The molecule has 0 fully saturated rings. The number of nitroso groups, excluding NO2 is 1. The third kappa shape index (κ3) is 1.50. The fourth-order valence-electron chi connectivity index (χ4n) is 2.01. The van der Waals surface area contributed by atoms with E-state index in [1.54, 1.807) is 6.07 Å². The van der Waals surface area contributed by atoms with Gasteiger partial charge in [-0.1, -0.05) is 12.1 Å². The Labute approximate surface area is 102 Å². The van der Waals surface area contributed by atoms with Gasteiger partial charge in [-0.25, -0.2) is 4.57 Å². The number of rotatable bonds is 2. The van der Waals surface area contributed by atoms with Gasteiger partial charge in [-0.2, -0.15) is 0 Å². The zero-order chi connectivity index (χ0) is 13.4. The van der Waals surface area contributed by atoms with Crippen molar-refractivity contribution in [2.75, 3.05) is 0 Å². The molecule has 0 spiro atoms. The van der Waals surface area contributed by atoms with E-state index in [0.717, 1.165) is 4.57 Å². The van der Waals surface area contributed by atoms with Crippen LogP contribution in [-0.2, 0) is 0 Å². The molecule has 0 bridgehead atoms. The van der Waals surface area contributed by atoms with Gasteiger partial charge in [-0.15, -0.1) is 4.91 Å². The first kappa shape index (κ1) is 12.0. The number of carbonyl (C=O) groups is 2. The molecule has 0 aliphatic carbocycles. The first-order chi connectivity index (χ1) is 8.49. The molecule has 2 rings (SSSR count). The van der Waals surface area contributed by atoms with Gasteiger partial charge in [-0.3, -0.25) is 9.59 Å². The zero-order valence-electron chi connectivity index (χ0n) is 9.80. The first-order valence-electron chi connectivity index (χ1n) is 5.20. The predicted molar refractivity (Wildman–Crippen MR) is 65.4 cm³/mol. The van der Waals surface area contributed by atoms with E-state index >= 15 is 0 Å². The van der Waals surface area contributed by atoms with Gasteiger partial charge >= 0.3 is 0 Å². The highest BCUT2D eigenvalue weighted by atomic mass is 16.3. The van der Waals surface area contributed by atoms with Gasteiger partial charge in [0, 0.05) is 17.9 Å². The maximum absolute atomic E-state index is 11.5. The molecular weight excluding hydrogens is 236 g/mol. The molecule has 1 aromatic heterocycles. The molecule has 1 aromatic carbocycles. The van der Waals surface area contributed by atoms with Crippen molar-refractivity contribution in [2.24, 2.45) is 5.18 Å². The largest absolute Gasteiger partial charge is 0.493 e. The van der Waals surface area contributed by atoms with Gasteiger partial charge in [0.05, 0.1) is 5.52 Å². The number of Topliss-reactive ketones (excluding diaryl/α,β-unsaturated/α-hetero) is 1. The number of hydrogen-bond acceptors (Lipinski definition) is 5. The van der Waals surface area contributed by atoms with E-state index in [-0.39, 0.29) is 22.4 Å². The molecular formula is C12H10N2O4. The van der Waals surface area contributed by atoms with Crippen LogP contribution in [0.15, 0.2) is 23.4 Å². The molecule has 18 heavy (non-hydrogen) atoms. The van der Waals surface area contributed by atoms with Gasteiger partial charge < -0.3 is 5.11 Å². The van der Waals surface area contributed by atoms with Crippen molar-refractivity contribution in [3.8, 4) is 5.88 Å². The van der Waals surface area contributed by atoms with Crippen LogP contribution >= 0.6 is 0 Å². The summed E-state index contributed by atoms with van der Waals surface area (Å²) in [6.07, 6.45) is 0. The number of aromatic nitrogens is 1. The van der Waals surface area contributed by atoms with Crippen LogP contribution in [0.25, 0.3) is 10.9 Å². The van der Waals surface area contributed by atoms with Crippen molar-refractivity contribution in [3.63, 3.8) is 0 Å². The van der Waals surface area contributed by atoms with Crippen LogP contribution < -0.4 is 0 Å². The van der Waals surface area contributed by atoms with Crippen molar-refractivity contribution >= 4 is 28.3 Å². The number of fused-ring (bicyclic) bond motifs is 1. The Kier molecular flexibility index (Phi) is 2.70. The van der Waals surface area contributed by atoms with Crippen molar-refractivity contribution in [2.45, 2.75) is 13.8 Å². The normalized spacial score (nSPS) is 10.6. The molecule has 6 nitrogen and oxygen atoms in total. The fourth-order valence-corrected chi connectivity index (χ4v) is 2.01. The van der Waals surface area contributed by atoms with E-state index in [4.69, 9.17) is 0 Å². The second-order valence-corrected chi connectivity index (χ2v) is 3.87. The molecule has 0 unspecified atom stereocenters. The minimum atomic E-state index is -0.541. The summed E-state index contributed by atoms with van der Waals surface area (Å²) >= 11 is 0. The van der Waals surface area contributed by atoms with Gasteiger partial charge in [0.15, 0.2) is 11.5 Å². The van der Waals surface area contributed by atoms with Gasteiger partial charge in [0.1, 0.15) is 0 Å².